The molecule has 0 unspecified atom stereocenters. The maximum atomic E-state index is 13.2. The number of rotatable bonds is 11. The van der Waals surface area contributed by atoms with E-state index in [4.69, 9.17) is 9.47 Å². The number of amides is 1. The predicted octanol–water partition coefficient (Wildman–Crippen LogP) is 4.25. The van der Waals surface area contributed by atoms with Crippen LogP contribution >= 0.6 is 0 Å². The van der Waals surface area contributed by atoms with Gasteiger partial charge in [-0.25, -0.2) is 0 Å². The monoisotopic (exact) mass is 466 g/mol. The Labute approximate surface area is 201 Å². The number of hydrogen-bond acceptors (Lipinski definition) is 6. The number of aliphatic hydroxyl groups is 1. The summed E-state index contributed by atoms with van der Waals surface area (Å²) < 4.78 is 11.0. The van der Waals surface area contributed by atoms with Crippen molar-refractivity contribution in [1.82, 2.24) is 9.80 Å². The van der Waals surface area contributed by atoms with E-state index in [0.29, 0.717) is 36.8 Å². The van der Waals surface area contributed by atoms with Gasteiger partial charge in [0.25, 0.3) is 11.7 Å². The number of ketones is 1. The van der Waals surface area contributed by atoms with E-state index >= 15 is 0 Å². The van der Waals surface area contributed by atoms with Crippen molar-refractivity contribution in [1.29, 1.82) is 0 Å². The number of likely N-dealkylation sites (N-methyl/N-ethyl adjacent to an activating group) is 1. The highest BCUT2D eigenvalue weighted by Gasteiger charge is 2.46. The second kappa shape index (κ2) is 11.7. The van der Waals surface area contributed by atoms with E-state index in [9.17, 15) is 14.7 Å². The van der Waals surface area contributed by atoms with Crippen molar-refractivity contribution >= 4 is 17.4 Å². The number of methoxy groups -OCH3 is 1. The molecule has 1 heterocycles. The lowest BCUT2D eigenvalue weighted by molar-refractivity contribution is -0.140. The zero-order chi connectivity index (χ0) is 24.7. The Bertz CT molecular complexity index is 1030. The van der Waals surface area contributed by atoms with Crippen molar-refractivity contribution in [3.63, 3.8) is 0 Å². The highest BCUT2D eigenvalue weighted by Crippen LogP contribution is 2.40. The van der Waals surface area contributed by atoms with Gasteiger partial charge in [-0.1, -0.05) is 32.9 Å². The van der Waals surface area contributed by atoms with Crippen LogP contribution < -0.4 is 9.47 Å². The minimum Gasteiger partial charge on any atom is -0.507 e. The van der Waals surface area contributed by atoms with Gasteiger partial charge in [0.15, 0.2) is 0 Å². The van der Waals surface area contributed by atoms with E-state index in [1.54, 1.807) is 36.3 Å². The van der Waals surface area contributed by atoms with Crippen molar-refractivity contribution in [2.24, 2.45) is 0 Å². The molecule has 34 heavy (non-hydrogen) atoms. The number of ether oxygens (including phenoxy) is 2. The topological polar surface area (TPSA) is 79.3 Å². The summed E-state index contributed by atoms with van der Waals surface area (Å²) in [7, 11) is 1.56. The molecule has 1 fully saturated rings. The van der Waals surface area contributed by atoms with Gasteiger partial charge in [-0.2, -0.15) is 0 Å². The fourth-order valence-electron chi connectivity index (χ4n) is 4.14. The molecule has 3 rings (SSSR count). The third-order valence-corrected chi connectivity index (χ3v) is 6.10. The van der Waals surface area contributed by atoms with Crippen LogP contribution in [0.2, 0.25) is 0 Å². The van der Waals surface area contributed by atoms with E-state index in [1.165, 1.54) is 0 Å². The van der Waals surface area contributed by atoms with Crippen molar-refractivity contribution < 1.29 is 24.2 Å². The molecule has 7 nitrogen and oxygen atoms in total. The lowest BCUT2D eigenvalue weighted by atomic mass is 9.95. The van der Waals surface area contributed by atoms with Crippen LogP contribution in [0.15, 0.2) is 54.1 Å². The van der Waals surface area contributed by atoms with Crippen molar-refractivity contribution in [3.8, 4) is 11.5 Å². The summed E-state index contributed by atoms with van der Waals surface area (Å²) in [6, 6.07) is 13.5. The smallest absolute Gasteiger partial charge is 0.295 e. The Kier molecular flexibility index (Phi) is 8.71. The maximum Gasteiger partial charge on any atom is 0.295 e. The lowest BCUT2D eigenvalue weighted by Crippen LogP contribution is -2.38. The molecule has 0 aliphatic carbocycles. The summed E-state index contributed by atoms with van der Waals surface area (Å²) in [5.41, 5.74) is 1.26. The SMILES string of the molecule is CCCOc1cccc([C@H]2/C(=C(\O)c3ccc(OC)cc3)C(=O)C(=O)N2CCN(CC)CC)c1. The maximum absolute atomic E-state index is 13.2. The normalized spacial score (nSPS) is 17.4. The molecule has 0 bridgehead atoms. The number of aliphatic hydroxyl groups excluding tert-OH is 1. The summed E-state index contributed by atoms with van der Waals surface area (Å²) in [6.07, 6.45) is 0.865. The molecule has 0 saturated carbocycles. The lowest BCUT2D eigenvalue weighted by Gasteiger charge is -2.28. The third-order valence-electron chi connectivity index (χ3n) is 6.10. The summed E-state index contributed by atoms with van der Waals surface area (Å²) in [5.74, 6) is -0.187. The fourth-order valence-corrected chi connectivity index (χ4v) is 4.14. The average molecular weight is 467 g/mol. The van der Waals surface area contributed by atoms with Gasteiger partial charge < -0.3 is 24.4 Å². The highest BCUT2D eigenvalue weighted by molar-refractivity contribution is 6.46. The number of Topliss-reactive ketones (excluding diaryl/α,β-unsaturated/α-hetero) is 1. The molecule has 2 aromatic carbocycles. The molecule has 182 valence electrons. The minimum absolute atomic E-state index is 0.0855. The van der Waals surface area contributed by atoms with Crippen molar-refractivity contribution in [3.05, 3.63) is 65.2 Å². The summed E-state index contributed by atoms with van der Waals surface area (Å²) in [5, 5.41) is 11.2. The number of benzene rings is 2. The number of hydrogen-bond donors (Lipinski definition) is 1. The summed E-state index contributed by atoms with van der Waals surface area (Å²) >= 11 is 0. The molecule has 1 saturated heterocycles. The van der Waals surface area contributed by atoms with E-state index in [0.717, 1.165) is 25.1 Å². The number of carbonyl (C=O) groups excluding carboxylic acids is 2. The Hall–Kier alpha value is -3.32. The van der Waals surface area contributed by atoms with Gasteiger partial charge in [0, 0.05) is 18.7 Å². The summed E-state index contributed by atoms with van der Waals surface area (Å²) in [6.45, 7) is 9.41. The second-order valence-electron chi connectivity index (χ2n) is 8.17. The van der Waals surface area contributed by atoms with Crippen molar-refractivity contribution in [2.45, 2.75) is 33.2 Å². The standard InChI is InChI=1S/C27H34N2O5/c1-5-17-34-22-10-8-9-20(18-22)24-23(25(30)19-11-13-21(33-4)14-12-19)26(31)27(32)29(24)16-15-28(6-2)7-3/h8-14,18,24,30H,5-7,15-17H2,1-4H3/b25-23+/t24-/m0/s1. The van der Waals surface area contributed by atoms with Crippen LogP contribution in [-0.2, 0) is 9.59 Å². The molecule has 7 heteroatoms. The van der Waals surface area contributed by atoms with E-state index < -0.39 is 17.7 Å². The molecular weight excluding hydrogens is 432 g/mol. The number of nitrogens with zero attached hydrogens (tertiary/aromatic N) is 2. The number of carbonyl (C=O) groups is 2. The largest absolute Gasteiger partial charge is 0.507 e. The van der Waals surface area contributed by atoms with Crippen LogP contribution in [0.3, 0.4) is 0 Å². The zero-order valence-corrected chi connectivity index (χ0v) is 20.4. The van der Waals surface area contributed by atoms with Gasteiger partial charge in [-0.3, -0.25) is 9.59 Å². The van der Waals surface area contributed by atoms with Crippen molar-refractivity contribution in [2.75, 3.05) is 39.9 Å². The first kappa shape index (κ1) is 25.3. The molecule has 1 aliphatic rings. The Morgan fingerprint density at radius 2 is 1.74 bits per heavy atom. The quantitative estimate of drug-likeness (QED) is 0.303. The fraction of sp³-hybridized carbons (Fsp3) is 0.407. The van der Waals surface area contributed by atoms with Gasteiger partial charge in [0.05, 0.1) is 25.3 Å². The average Bonchev–Trinajstić information content (AvgIpc) is 3.13. The third kappa shape index (κ3) is 5.42. The Balaban J connectivity index is 2.08. The molecule has 0 spiro atoms. The van der Waals surface area contributed by atoms with Crippen LogP contribution in [0, 0.1) is 0 Å². The first-order valence-electron chi connectivity index (χ1n) is 11.8. The van der Waals surface area contributed by atoms with Gasteiger partial charge in [0.2, 0.25) is 0 Å². The molecule has 1 atom stereocenters. The van der Waals surface area contributed by atoms with Gasteiger partial charge in [0.1, 0.15) is 17.3 Å². The van der Waals surface area contributed by atoms with Crippen LogP contribution in [-0.4, -0.2) is 66.5 Å². The highest BCUT2D eigenvalue weighted by atomic mass is 16.5. The minimum atomic E-state index is -0.706. The zero-order valence-electron chi connectivity index (χ0n) is 20.4. The predicted molar refractivity (Wildman–Crippen MR) is 132 cm³/mol. The van der Waals surface area contributed by atoms with Gasteiger partial charge in [-0.05, 0) is 61.5 Å². The van der Waals surface area contributed by atoms with E-state index in [1.807, 2.05) is 31.2 Å². The molecule has 1 aliphatic heterocycles. The Morgan fingerprint density at radius 3 is 2.35 bits per heavy atom. The van der Waals surface area contributed by atoms with Crippen LogP contribution in [0.1, 0.15) is 44.4 Å². The first-order valence-corrected chi connectivity index (χ1v) is 11.8. The molecular formula is C27H34N2O5. The van der Waals surface area contributed by atoms with Crippen LogP contribution in [0.5, 0.6) is 11.5 Å². The molecule has 0 radical (unpaired) electrons. The molecule has 1 amide bonds. The van der Waals surface area contributed by atoms with Gasteiger partial charge >= 0.3 is 0 Å². The molecule has 2 aromatic rings. The van der Waals surface area contributed by atoms with Crippen LogP contribution in [0.25, 0.3) is 5.76 Å². The molecule has 1 N–H and O–H groups in total. The van der Waals surface area contributed by atoms with Crippen LogP contribution in [0.4, 0.5) is 0 Å². The number of likely N-dealkylation sites (tertiary alicyclic amines) is 1. The van der Waals surface area contributed by atoms with E-state index in [2.05, 4.69) is 18.7 Å². The molecule has 0 aromatic heterocycles. The Morgan fingerprint density at radius 1 is 1.03 bits per heavy atom. The first-order chi connectivity index (χ1) is 16.4. The second-order valence-corrected chi connectivity index (χ2v) is 8.17. The van der Waals surface area contributed by atoms with Gasteiger partial charge in [-0.15, -0.1) is 0 Å². The van der Waals surface area contributed by atoms with E-state index in [-0.39, 0.29) is 11.3 Å². The summed E-state index contributed by atoms with van der Waals surface area (Å²) in [4.78, 5) is 30.1.